The Morgan fingerprint density at radius 3 is 2.07 bits per heavy atom. The lowest BCUT2D eigenvalue weighted by Gasteiger charge is -2.31. The van der Waals surface area contributed by atoms with Crippen molar-refractivity contribution in [2.45, 2.75) is 46.3 Å². The Morgan fingerprint density at radius 1 is 1.40 bits per heavy atom. The third-order valence-electron chi connectivity index (χ3n) is 2.52. The maximum Gasteiger partial charge on any atom is 0.333 e. The largest absolute Gasteiger partial charge is 0.459 e. The number of carbonyl (C=O) groups excluding carboxylic acids is 1. The second-order valence-electron chi connectivity index (χ2n) is 4.50. The summed E-state index contributed by atoms with van der Waals surface area (Å²) in [4.78, 5) is 11.2. The van der Waals surface area contributed by atoms with Gasteiger partial charge >= 0.3 is 5.97 Å². The fourth-order valence-electron chi connectivity index (χ4n) is 0.976. The maximum atomic E-state index is 11.2. The van der Waals surface area contributed by atoms with E-state index in [1.165, 1.54) is 0 Å². The van der Waals surface area contributed by atoms with Gasteiger partial charge in [-0.3, -0.25) is 0 Å². The van der Waals surface area contributed by atoms with Gasteiger partial charge in [0.15, 0.2) is 0 Å². The van der Waals surface area contributed by atoms with Crippen LogP contribution in [0.4, 0.5) is 0 Å². The molecule has 2 N–H and O–H groups in total. The van der Waals surface area contributed by atoms with Crippen molar-refractivity contribution in [3.8, 4) is 0 Å². The highest BCUT2D eigenvalue weighted by atomic mass is 35.5. The number of halogens is 1. The molecule has 0 aliphatic heterocycles. The Hall–Kier alpha value is -0.540. The lowest BCUT2D eigenvalue weighted by atomic mass is 9.86. The van der Waals surface area contributed by atoms with Gasteiger partial charge < -0.3 is 10.5 Å². The normalized spacial score (nSPS) is 14.8. The molecule has 0 saturated heterocycles. The summed E-state index contributed by atoms with van der Waals surface area (Å²) in [7, 11) is 0. The SMILES string of the molecule is C=C(C)C(=O)OC(C)C(C)C(C)(C)N.Cl. The molecule has 2 atom stereocenters. The number of ether oxygens (including phenoxy) is 1. The van der Waals surface area contributed by atoms with Gasteiger partial charge in [-0.15, -0.1) is 12.4 Å². The minimum Gasteiger partial charge on any atom is -0.459 e. The summed E-state index contributed by atoms with van der Waals surface area (Å²) >= 11 is 0. The third kappa shape index (κ3) is 5.80. The van der Waals surface area contributed by atoms with Gasteiger partial charge in [-0.25, -0.2) is 4.79 Å². The van der Waals surface area contributed by atoms with Crippen molar-refractivity contribution in [1.82, 2.24) is 0 Å². The Labute approximate surface area is 98.5 Å². The molecule has 0 bridgehead atoms. The van der Waals surface area contributed by atoms with Crippen LogP contribution in [-0.2, 0) is 9.53 Å². The van der Waals surface area contributed by atoms with Crippen molar-refractivity contribution in [3.05, 3.63) is 12.2 Å². The molecule has 2 unspecified atom stereocenters. The van der Waals surface area contributed by atoms with E-state index in [-0.39, 0.29) is 35.9 Å². The molecule has 4 heteroatoms. The lowest BCUT2D eigenvalue weighted by Crippen LogP contribution is -2.45. The molecule has 0 spiro atoms. The smallest absolute Gasteiger partial charge is 0.333 e. The van der Waals surface area contributed by atoms with Crippen molar-refractivity contribution in [3.63, 3.8) is 0 Å². The Balaban J connectivity index is 0. The summed E-state index contributed by atoms with van der Waals surface area (Å²) in [6.07, 6.45) is -0.195. The van der Waals surface area contributed by atoms with E-state index in [2.05, 4.69) is 6.58 Å². The van der Waals surface area contributed by atoms with Crippen LogP contribution in [0.1, 0.15) is 34.6 Å². The van der Waals surface area contributed by atoms with Crippen LogP contribution in [0.3, 0.4) is 0 Å². The van der Waals surface area contributed by atoms with Crippen LogP contribution in [0.2, 0.25) is 0 Å². The molecule has 0 fully saturated rings. The summed E-state index contributed by atoms with van der Waals surface area (Å²) in [5.74, 6) is -0.251. The zero-order valence-corrected chi connectivity index (χ0v) is 11.0. The van der Waals surface area contributed by atoms with Crippen LogP contribution in [0.15, 0.2) is 12.2 Å². The van der Waals surface area contributed by atoms with Crippen molar-refractivity contribution in [2.24, 2.45) is 11.7 Å². The standard InChI is InChI=1S/C11H21NO2.ClH/c1-7(2)10(13)14-9(4)8(3)11(5,6)12;/h8-9H,1,12H2,2-6H3;1H. The van der Waals surface area contributed by atoms with Crippen molar-refractivity contribution in [1.29, 1.82) is 0 Å². The van der Waals surface area contributed by atoms with E-state index in [0.29, 0.717) is 5.57 Å². The van der Waals surface area contributed by atoms with Gasteiger partial charge in [-0.05, 0) is 27.7 Å². The summed E-state index contributed by atoms with van der Waals surface area (Å²) in [5.41, 5.74) is 5.98. The highest BCUT2D eigenvalue weighted by molar-refractivity contribution is 5.87. The summed E-state index contributed by atoms with van der Waals surface area (Å²) < 4.78 is 5.18. The number of hydrogen-bond donors (Lipinski definition) is 1. The van der Waals surface area contributed by atoms with Crippen LogP contribution < -0.4 is 5.73 Å². The quantitative estimate of drug-likeness (QED) is 0.601. The van der Waals surface area contributed by atoms with Crippen molar-refractivity contribution >= 4 is 18.4 Å². The average molecular weight is 236 g/mol. The average Bonchev–Trinajstić information content (AvgIpc) is 2.00. The topological polar surface area (TPSA) is 52.3 Å². The van der Waals surface area contributed by atoms with E-state index < -0.39 is 0 Å². The van der Waals surface area contributed by atoms with Crippen molar-refractivity contribution in [2.75, 3.05) is 0 Å². The van der Waals surface area contributed by atoms with Crippen LogP contribution in [0.5, 0.6) is 0 Å². The first-order valence-electron chi connectivity index (χ1n) is 4.81. The van der Waals surface area contributed by atoms with Gasteiger partial charge in [0, 0.05) is 17.0 Å². The zero-order valence-electron chi connectivity index (χ0n) is 10.2. The van der Waals surface area contributed by atoms with Gasteiger partial charge in [0.1, 0.15) is 6.10 Å². The number of esters is 1. The number of carbonyl (C=O) groups is 1. The van der Waals surface area contributed by atoms with E-state index in [0.717, 1.165) is 0 Å². The van der Waals surface area contributed by atoms with Crippen LogP contribution >= 0.6 is 12.4 Å². The third-order valence-corrected chi connectivity index (χ3v) is 2.52. The first kappa shape index (κ1) is 16.9. The molecule has 15 heavy (non-hydrogen) atoms. The molecule has 0 amide bonds. The molecule has 0 aromatic rings. The summed E-state index contributed by atoms with van der Waals surface area (Å²) in [6, 6.07) is 0. The summed E-state index contributed by atoms with van der Waals surface area (Å²) in [5, 5.41) is 0. The number of nitrogens with two attached hydrogens (primary N) is 1. The molecule has 3 nitrogen and oxygen atoms in total. The maximum absolute atomic E-state index is 11.2. The van der Waals surface area contributed by atoms with E-state index in [1.807, 2.05) is 27.7 Å². The highest BCUT2D eigenvalue weighted by Crippen LogP contribution is 2.19. The zero-order chi connectivity index (χ0) is 11.5. The first-order chi connectivity index (χ1) is 6.16. The fraction of sp³-hybridized carbons (Fsp3) is 0.727. The Kier molecular flexibility index (Phi) is 6.90. The molecule has 0 saturated carbocycles. The van der Waals surface area contributed by atoms with Gasteiger partial charge in [-0.2, -0.15) is 0 Å². The molecule has 0 radical (unpaired) electrons. The second-order valence-corrected chi connectivity index (χ2v) is 4.50. The van der Waals surface area contributed by atoms with Crippen LogP contribution in [0, 0.1) is 5.92 Å². The lowest BCUT2D eigenvalue weighted by molar-refractivity contribution is -0.146. The summed E-state index contributed by atoms with van der Waals surface area (Å²) in [6.45, 7) is 12.8. The monoisotopic (exact) mass is 235 g/mol. The van der Waals surface area contributed by atoms with Crippen LogP contribution in [-0.4, -0.2) is 17.6 Å². The van der Waals surface area contributed by atoms with E-state index in [4.69, 9.17) is 10.5 Å². The van der Waals surface area contributed by atoms with E-state index in [9.17, 15) is 4.79 Å². The minimum absolute atomic E-state index is 0. The van der Waals surface area contributed by atoms with Crippen molar-refractivity contribution < 1.29 is 9.53 Å². The predicted molar refractivity (Wildman–Crippen MR) is 65.0 cm³/mol. The highest BCUT2D eigenvalue weighted by Gasteiger charge is 2.28. The van der Waals surface area contributed by atoms with E-state index in [1.54, 1.807) is 6.92 Å². The van der Waals surface area contributed by atoms with Gasteiger partial charge in [0.25, 0.3) is 0 Å². The number of rotatable bonds is 4. The molecule has 0 aliphatic carbocycles. The molecule has 0 heterocycles. The molecular formula is C11H22ClNO2. The Morgan fingerprint density at radius 2 is 1.80 bits per heavy atom. The second kappa shape index (κ2) is 6.13. The number of hydrogen-bond acceptors (Lipinski definition) is 3. The van der Waals surface area contributed by atoms with Crippen LogP contribution in [0.25, 0.3) is 0 Å². The van der Waals surface area contributed by atoms with E-state index >= 15 is 0 Å². The van der Waals surface area contributed by atoms with Gasteiger partial charge in [-0.1, -0.05) is 13.5 Å². The Bertz CT molecular complexity index is 233. The molecule has 0 aliphatic rings. The molecular weight excluding hydrogens is 214 g/mol. The molecule has 90 valence electrons. The first-order valence-corrected chi connectivity index (χ1v) is 4.81. The molecule has 0 aromatic carbocycles. The molecule has 0 aromatic heterocycles. The van der Waals surface area contributed by atoms with Gasteiger partial charge in [0.05, 0.1) is 0 Å². The predicted octanol–water partition coefficient (Wildman–Crippen LogP) is 2.29. The van der Waals surface area contributed by atoms with Gasteiger partial charge in [0.2, 0.25) is 0 Å². The fourth-order valence-corrected chi connectivity index (χ4v) is 0.976. The minimum atomic E-state index is -0.353. The molecule has 0 rings (SSSR count).